The zero-order valence-corrected chi connectivity index (χ0v) is 7.31. The highest BCUT2D eigenvalue weighted by atomic mass is 16.5. The maximum Gasteiger partial charge on any atom is 0.102 e. The Morgan fingerprint density at radius 3 is 3.23 bits per heavy atom. The predicted molar refractivity (Wildman–Crippen MR) is 49.2 cm³/mol. The lowest BCUT2D eigenvalue weighted by Crippen LogP contribution is -2.14. The summed E-state index contributed by atoms with van der Waals surface area (Å²) in [6.07, 6.45) is 9.98. The van der Waals surface area contributed by atoms with E-state index in [1.165, 1.54) is 11.1 Å². The molecule has 3 unspecified atom stereocenters. The van der Waals surface area contributed by atoms with Gasteiger partial charge in [0, 0.05) is 6.42 Å². The maximum absolute atomic E-state index is 9.47. The number of aliphatic hydroxyl groups is 1. The fourth-order valence-electron chi connectivity index (χ4n) is 2.41. The molecule has 0 spiro atoms. The molecule has 1 heterocycles. The molecule has 2 nitrogen and oxygen atoms in total. The summed E-state index contributed by atoms with van der Waals surface area (Å²) in [6.45, 7) is 0. The largest absolute Gasteiger partial charge is 0.393 e. The van der Waals surface area contributed by atoms with Gasteiger partial charge in [0.1, 0.15) is 6.10 Å². The Hall–Kier alpha value is -0.860. The summed E-state index contributed by atoms with van der Waals surface area (Å²) in [5, 5.41) is 9.47. The Labute approximate surface area is 77.2 Å². The van der Waals surface area contributed by atoms with E-state index in [1.54, 1.807) is 0 Å². The average molecular weight is 176 g/mol. The molecule has 2 heteroatoms. The van der Waals surface area contributed by atoms with Crippen molar-refractivity contribution in [3.8, 4) is 0 Å². The van der Waals surface area contributed by atoms with E-state index < -0.39 is 0 Å². The summed E-state index contributed by atoms with van der Waals surface area (Å²) in [6, 6.07) is 0. The summed E-state index contributed by atoms with van der Waals surface area (Å²) < 4.78 is 5.79. The molecule has 0 aromatic rings. The number of allylic oxidation sites excluding steroid dienone is 2. The summed E-state index contributed by atoms with van der Waals surface area (Å²) in [5.74, 6) is 0. The molecule has 68 valence electrons. The van der Waals surface area contributed by atoms with Crippen molar-refractivity contribution < 1.29 is 9.84 Å². The first kappa shape index (κ1) is 7.54. The monoisotopic (exact) mass is 176 g/mol. The lowest BCUT2D eigenvalue weighted by molar-refractivity contribution is 0.0604. The van der Waals surface area contributed by atoms with Gasteiger partial charge in [-0.05, 0) is 17.6 Å². The van der Waals surface area contributed by atoms with Crippen LogP contribution in [0.5, 0.6) is 0 Å². The van der Waals surface area contributed by atoms with Crippen molar-refractivity contribution in [2.75, 3.05) is 0 Å². The molecule has 0 amide bonds. The number of fused-ring (bicyclic) bond motifs is 2. The number of aliphatic hydroxyl groups excluding tert-OH is 1. The van der Waals surface area contributed by atoms with Gasteiger partial charge in [0.15, 0.2) is 0 Å². The molecule has 0 radical (unpaired) electrons. The summed E-state index contributed by atoms with van der Waals surface area (Å²) >= 11 is 0. The zero-order valence-electron chi connectivity index (χ0n) is 7.31. The highest BCUT2D eigenvalue weighted by Gasteiger charge is 2.39. The zero-order chi connectivity index (χ0) is 8.84. The Morgan fingerprint density at radius 2 is 2.31 bits per heavy atom. The molecular weight excluding hydrogens is 164 g/mol. The third kappa shape index (κ3) is 1.02. The van der Waals surface area contributed by atoms with Crippen molar-refractivity contribution in [3.05, 3.63) is 35.5 Å². The fourth-order valence-corrected chi connectivity index (χ4v) is 2.41. The van der Waals surface area contributed by atoms with Gasteiger partial charge in [-0.2, -0.15) is 0 Å². The van der Waals surface area contributed by atoms with Crippen LogP contribution >= 0.6 is 0 Å². The SMILES string of the molecule is OC1CC2=C3C=CC=CC3OC2C1. The molecule has 1 N–H and O–H groups in total. The Morgan fingerprint density at radius 1 is 1.38 bits per heavy atom. The first-order valence-electron chi connectivity index (χ1n) is 4.76. The molecule has 3 rings (SSSR count). The van der Waals surface area contributed by atoms with Crippen molar-refractivity contribution in [1.82, 2.24) is 0 Å². The normalized spacial score (nSPS) is 41.2. The highest BCUT2D eigenvalue weighted by molar-refractivity contribution is 5.44. The van der Waals surface area contributed by atoms with Crippen molar-refractivity contribution in [1.29, 1.82) is 0 Å². The van der Waals surface area contributed by atoms with Crippen LogP contribution in [0.15, 0.2) is 35.5 Å². The maximum atomic E-state index is 9.47. The second-order valence-corrected chi connectivity index (χ2v) is 3.86. The molecule has 1 fully saturated rings. The van der Waals surface area contributed by atoms with Crippen LogP contribution in [-0.4, -0.2) is 23.4 Å². The first-order chi connectivity index (χ1) is 6.34. The molecule has 13 heavy (non-hydrogen) atoms. The van der Waals surface area contributed by atoms with Crippen molar-refractivity contribution in [2.24, 2.45) is 0 Å². The Bertz CT molecular complexity index is 325. The number of rotatable bonds is 0. The van der Waals surface area contributed by atoms with Gasteiger partial charge in [0.25, 0.3) is 0 Å². The van der Waals surface area contributed by atoms with Crippen LogP contribution in [0.25, 0.3) is 0 Å². The molecule has 1 saturated carbocycles. The molecule has 0 aromatic carbocycles. The molecule has 0 aromatic heterocycles. The van der Waals surface area contributed by atoms with Gasteiger partial charge in [-0.3, -0.25) is 0 Å². The predicted octanol–water partition coefficient (Wildman–Crippen LogP) is 1.33. The van der Waals surface area contributed by atoms with Crippen LogP contribution in [0.3, 0.4) is 0 Å². The van der Waals surface area contributed by atoms with Crippen LogP contribution in [0.1, 0.15) is 12.8 Å². The van der Waals surface area contributed by atoms with Crippen molar-refractivity contribution in [2.45, 2.75) is 31.2 Å². The lowest BCUT2D eigenvalue weighted by atomic mass is 10.00. The summed E-state index contributed by atoms with van der Waals surface area (Å²) in [5.41, 5.74) is 2.60. The van der Waals surface area contributed by atoms with Gasteiger partial charge in [-0.1, -0.05) is 24.3 Å². The van der Waals surface area contributed by atoms with Crippen LogP contribution in [-0.2, 0) is 4.74 Å². The van der Waals surface area contributed by atoms with Gasteiger partial charge in [-0.25, -0.2) is 0 Å². The minimum Gasteiger partial charge on any atom is -0.393 e. The lowest BCUT2D eigenvalue weighted by Gasteiger charge is -2.13. The van der Waals surface area contributed by atoms with Gasteiger partial charge in [-0.15, -0.1) is 0 Å². The molecule has 0 saturated heterocycles. The van der Waals surface area contributed by atoms with Crippen LogP contribution in [0.2, 0.25) is 0 Å². The minimum atomic E-state index is -0.187. The second-order valence-electron chi connectivity index (χ2n) is 3.86. The van der Waals surface area contributed by atoms with Crippen LogP contribution in [0.4, 0.5) is 0 Å². The number of hydrogen-bond acceptors (Lipinski definition) is 2. The van der Waals surface area contributed by atoms with E-state index in [0.29, 0.717) is 0 Å². The van der Waals surface area contributed by atoms with Gasteiger partial charge in [0.05, 0.1) is 12.2 Å². The summed E-state index contributed by atoms with van der Waals surface area (Å²) in [4.78, 5) is 0. The molecule has 1 aliphatic heterocycles. The van der Waals surface area contributed by atoms with Crippen LogP contribution < -0.4 is 0 Å². The van der Waals surface area contributed by atoms with E-state index >= 15 is 0 Å². The standard InChI is InChI=1S/C11H12O2/c12-7-5-9-8-3-1-2-4-10(8)13-11(9)6-7/h1-4,7,10-12H,5-6H2. The fraction of sp³-hybridized carbons (Fsp3) is 0.455. The van der Waals surface area contributed by atoms with Gasteiger partial charge in [0.2, 0.25) is 0 Å². The smallest absolute Gasteiger partial charge is 0.102 e. The third-order valence-electron chi connectivity index (χ3n) is 2.99. The first-order valence-corrected chi connectivity index (χ1v) is 4.76. The average Bonchev–Trinajstić information content (AvgIpc) is 2.60. The quantitative estimate of drug-likeness (QED) is 0.603. The van der Waals surface area contributed by atoms with E-state index in [2.05, 4.69) is 12.2 Å². The van der Waals surface area contributed by atoms with Gasteiger partial charge < -0.3 is 9.84 Å². The van der Waals surface area contributed by atoms with E-state index in [-0.39, 0.29) is 18.3 Å². The molecule has 2 aliphatic carbocycles. The molecular formula is C11H12O2. The second kappa shape index (κ2) is 2.56. The third-order valence-corrected chi connectivity index (χ3v) is 2.99. The highest BCUT2D eigenvalue weighted by Crippen LogP contribution is 2.40. The van der Waals surface area contributed by atoms with E-state index in [4.69, 9.17) is 4.74 Å². The van der Waals surface area contributed by atoms with E-state index in [0.717, 1.165) is 12.8 Å². The Kier molecular flexibility index (Phi) is 1.49. The molecule has 3 atom stereocenters. The van der Waals surface area contributed by atoms with Crippen molar-refractivity contribution in [3.63, 3.8) is 0 Å². The van der Waals surface area contributed by atoms with E-state index in [1.807, 2.05) is 12.2 Å². The summed E-state index contributed by atoms with van der Waals surface area (Å²) in [7, 11) is 0. The van der Waals surface area contributed by atoms with Gasteiger partial charge >= 0.3 is 0 Å². The molecule has 3 aliphatic rings. The van der Waals surface area contributed by atoms with Crippen molar-refractivity contribution >= 4 is 0 Å². The number of hydrogen-bond donors (Lipinski definition) is 1. The number of ether oxygens (including phenoxy) is 1. The molecule has 0 bridgehead atoms. The Balaban J connectivity index is 2.01. The minimum absolute atomic E-state index is 0.164. The topological polar surface area (TPSA) is 29.5 Å². The van der Waals surface area contributed by atoms with Crippen LogP contribution in [0, 0.1) is 0 Å². The van der Waals surface area contributed by atoms with E-state index in [9.17, 15) is 5.11 Å².